The van der Waals surface area contributed by atoms with Gasteiger partial charge in [-0.1, -0.05) is 50.5 Å². The first-order valence-corrected chi connectivity index (χ1v) is 7.50. The van der Waals surface area contributed by atoms with Crippen LogP contribution in [0.15, 0.2) is 24.3 Å². The number of aldehydes is 1. The van der Waals surface area contributed by atoms with Gasteiger partial charge in [0.2, 0.25) is 0 Å². The molecule has 3 atom stereocenters. The molecule has 0 fully saturated rings. The number of aliphatic hydroxyl groups is 1. The first-order chi connectivity index (χ1) is 9.56. The van der Waals surface area contributed by atoms with Gasteiger partial charge in [-0.15, -0.1) is 0 Å². The molecule has 0 amide bonds. The van der Waals surface area contributed by atoms with Crippen molar-refractivity contribution in [1.29, 1.82) is 0 Å². The molecule has 3 nitrogen and oxygen atoms in total. The lowest BCUT2D eigenvalue weighted by molar-refractivity contribution is -0.125. The Hall–Kier alpha value is -1.22. The second kappa shape index (κ2) is 11.6. The van der Waals surface area contributed by atoms with E-state index in [9.17, 15) is 14.7 Å². The van der Waals surface area contributed by atoms with Crippen LogP contribution < -0.4 is 0 Å². The van der Waals surface area contributed by atoms with E-state index in [1.165, 1.54) is 6.92 Å². The molecular weight excluding hydrogens is 252 g/mol. The van der Waals surface area contributed by atoms with Crippen LogP contribution in [0.4, 0.5) is 0 Å². The molecule has 3 unspecified atom stereocenters. The van der Waals surface area contributed by atoms with Crippen LogP contribution in [0.5, 0.6) is 0 Å². The highest BCUT2D eigenvalue weighted by atomic mass is 16.3. The molecule has 0 spiro atoms. The van der Waals surface area contributed by atoms with Crippen molar-refractivity contribution in [1.82, 2.24) is 0 Å². The van der Waals surface area contributed by atoms with Gasteiger partial charge in [0.1, 0.15) is 12.1 Å². The summed E-state index contributed by atoms with van der Waals surface area (Å²) >= 11 is 0. The maximum absolute atomic E-state index is 11.7. The Morgan fingerprint density at radius 3 is 2.45 bits per heavy atom. The van der Waals surface area contributed by atoms with E-state index in [1.54, 1.807) is 12.2 Å². The Labute approximate surface area is 122 Å². The van der Waals surface area contributed by atoms with Crippen LogP contribution in [0, 0.1) is 11.8 Å². The fraction of sp³-hybridized carbons (Fsp3) is 0.647. The van der Waals surface area contributed by atoms with Crippen molar-refractivity contribution < 1.29 is 14.7 Å². The predicted molar refractivity (Wildman–Crippen MR) is 82.4 cm³/mol. The van der Waals surface area contributed by atoms with E-state index in [0.29, 0.717) is 6.42 Å². The minimum Gasteiger partial charge on any atom is -0.389 e. The lowest BCUT2D eigenvalue weighted by Crippen LogP contribution is -2.22. The molecule has 20 heavy (non-hydrogen) atoms. The Balaban J connectivity index is 4.60. The fourth-order valence-electron chi connectivity index (χ4n) is 2.17. The molecule has 0 bridgehead atoms. The van der Waals surface area contributed by atoms with Gasteiger partial charge in [0.25, 0.3) is 0 Å². The number of unbranched alkanes of at least 4 members (excludes halogenated alkanes) is 2. The van der Waals surface area contributed by atoms with E-state index in [0.717, 1.165) is 32.0 Å². The summed E-state index contributed by atoms with van der Waals surface area (Å²) in [6, 6.07) is 0. The molecule has 3 heteroatoms. The second-order valence-corrected chi connectivity index (χ2v) is 5.18. The monoisotopic (exact) mass is 280 g/mol. The van der Waals surface area contributed by atoms with E-state index >= 15 is 0 Å². The third-order valence-electron chi connectivity index (χ3n) is 3.43. The smallest absolute Gasteiger partial charge is 0.133 e. The largest absolute Gasteiger partial charge is 0.389 e. The van der Waals surface area contributed by atoms with Gasteiger partial charge in [-0.05, 0) is 26.7 Å². The van der Waals surface area contributed by atoms with Crippen molar-refractivity contribution in [2.24, 2.45) is 11.8 Å². The molecule has 0 aromatic heterocycles. The van der Waals surface area contributed by atoms with Crippen LogP contribution in [0.25, 0.3) is 0 Å². The van der Waals surface area contributed by atoms with Crippen molar-refractivity contribution in [2.45, 2.75) is 59.0 Å². The van der Waals surface area contributed by atoms with E-state index in [2.05, 4.69) is 6.92 Å². The maximum atomic E-state index is 11.7. The third-order valence-corrected chi connectivity index (χ3v) is 3.43. The normalized spacial score (nSPS) is 16.4. The van der Waals surface area contributed by atoms with Crippen molar-refractivity contribution >= 4 is 12.1 Å². The summed E-state index contributed by atoms with van der Waals surface area (Å²) in [7, 11) is 0. The molecule has 1 N–H and O–H groups in total. The molecule has 0 aromatic carbocycles. The molecule has 0 aliphatic heterocycles. The van der Waals surface area contributed by atoms with Crippen molar-refractivity contribution in [3.8, 4) is 0 Å². The summed E-state index contributed by atoms with van der Waals surface area (Å²) in [5.41, 5.74) is 0. The molecule has 114 valence electrons. The van der Waals surface area contributed by atoms with Gasteiger partial charge in [0.15, 0.2) is 0 Å². The number of allylic oxidation sites excluding steroid dienone is 2. The van der Waals surface area contributed by atoms with E-state index in [-0.39, 0.29) is 11.7 Å². The van der Waals surface area contributed by atoms with Crippen LogP contribution in [0.1, 0.15) is 52.9 Å². The summed E-state index contributed by atoms with van der Waals surface area (Å²) in [6.45, 7) is 5.54. The zero-order chi connectivity index (χ0) is 15.4. The molecule has 0 aliphatic rings. The summed E-state index contributed by atoms with van der Waals surface area (Å²) < 4.78 is 0. The first-order valence-electron chi connectivity index (χ1n) is 7.50. The third kappa shape index (κ3) is 8.05. The second-order valence-electron chi connectivity index (χ2n) is 5.18. The highest BCUT2D eigenvalue weighted by Crippen LogP contribution is 2.21. The average Bonchev–Trinajstić information content (AvgIpc) is 2.43. The van der Waals surface area contributed by atoms with Crippen LogP contribution in [0.3, 0.4) is 0 Å². The number of hydrogen-bond acceptors (Lipinski definition) is 3. The van der Waals surface area contributed by atoms with Gasteiger partial charge in [-0.3, -0.25) is 4.79 Å². The fourth-order valence-corrected chi connectivity index (χ4v) is 2.17. The Kier molecular flexibility index (Phi) is 10.9. The van der Waals surface area contributed by atoms with Gasteiger partial charge in [-0.25, -0.2) is 0 Å². The molecule has 0 saturated heterocycles. The Morgan fingerprint density at radius 1 is 1.25 bits per heavy atom. The summed E-state index contributed by atoms with van der Waals surface area (Å²) in [4.78, 5) is 22.9. The van der Waals surface area contributed by atoms with Gasteiger partial charge < -0.3 is 9.90 Å². The molecular formula is C17H28O3. The van der Waals surface area contributed by atoms with Crippen LogP contribution in [0.2, 0.25) is 0 Å². The molecule has 0 heterocycles. The minimum absolute atomic E-state index is 0.0470. The number of aliphatic hydroxyl groups excluding tert-OH is 1. The highest BCUT2D eigenvalue weighted by Gasteiger charge is 2.22. The Bertz CT molecular complexity index is 331. The van der Waals surface area contributed by atoms with Gasteiger partial charge in [-0.2, -0.15) is 0 Å². The number of Topliss-reactive ketones (excluding diaryl/α,β-unsaturated/α-hetero) is 1. The number of ketones is 1. The SMILES string of the molecule is C/C=C\CC(O)/C=C/C(C=O)C(CCCCC)C(C)=O. The van der Waals surface area contributed by atoms with Crippen LogP contribution in [-0.2, 0) is 9.59 Å². The van der Waals surface area contributed by atoms with E-state index in [1.807, 2.05) is 19.1 Å². The zero-order valence-electron chi connectivity index (χ0n) is 12.9. The first kappa shape index (κ1) is 18.8. The van der Waals surface area contributed by atoms with Crippen molar-refractivity contribution in [3.05, 3.63) is 24.3 Å². The number of carbonyl (C=O) groups is 2. The highest BCUT2D eigenvalue weighted by molar-refractivity contribution is 5.82. The van der Waals surface area contributed by atoms with Crippen LogP contribution in [-0.4, -0.2) is 23.3 Å². The molecule has 0 saturated carbocycles. The average molecular weight is 280 g/mol. The topological polar surface area (TPSA) is 54.4 Å². The summed E-state index contributed by atoms with van der Waals surface area (Å²) in [5, 5.41) is 9.72. The minimum atomic E-state index is -0.600. The summed E-state index contributed by atoms with van der Waals surface area (Å²) in [6.07, 6.45) is 11.6. The van der Waals surface area contributed by atoms with E-state index < -0.39 is 12.0 Å². The molecule has 0 aliphatic carbocycles. The summed E-state index contributed by atoms with van der Waals surface area (Å²) in [5.74, 6) is -0.639. The van der Waals surface area contributed by atoms with Gasteiger partial charge in [0, 0.05) is 11.8 Å². The van der Waals surface area contributed by atoms with Crippen LogP contribution >= 0.6 is 0 Å². The standard InChI is InChI=1S/C17H28O3/c1-4-6-8-10-17(14(3)19)15(13-18)11-12-16(20)9-7-5-2/h5,7,11-13,15-17,20H,4,6,8-10H2,1-3H3/b7-5-,12-11+. The number of carbonyl (C=O) groups excluding carboxylic acids is 2. The quantitative estimate of drug-likeness (QED) is 0.358. The predicted octanol–water partition coefficient (Wildman–Crippen LogP) is 3.47. The Morgan fingerprint density at radius 2 is 1.95 bits per heavy atom. The molecule has 0 aromatic rings. The molecule has 0 radical (unpaired) electrons. The molecule has 0 rings (SSSR count). The number of rotatable bonds is 11. The lowest BCUT2D eigenvalue weighted by Gasteiger charge is -2.17. The zero-order valence-corrected chi connectivity index (χ0v) is 12.9. The lowest BCUT2D eigenvalue weighted by atomic mass is 9.85. The van der Waals surface area contributed by atoms with Crippen molar-refractivity contribution in [3.63, 3.8) is 0 Å². The van der Waals surface area contributed by atoms with Gasteiger partial charge >= 0.3 is 0 Å². The maximum Gasteiger partial charge on any atom is 0.133 e. The number of hydrogen-bond donors (Lipinski definition) is 1. The van der Waals surface area contributed by atoms with Gasteiger partial charge in [0.05, 0.1) is 6.10 Å². The van der Waals surface area contributed by atoms with Crippen molar-refractivity contribution in [2.75, 3.05) is 0 Å². The van der Waals surface area contributed by atoms with E-state index in [4.69, 9.17) is 0 Å².